The van der Waals surface area contributed by atoms with Gasteiger partial charge in [0.2, 0.25) is 10.0 Å². The number of hydrogen-bond acceptors (Lipinski definition) is 4. The standard InChI is InChI=1S/C13H19NO4S/c1-10-4-5-12(17-3)13(8-10)19(15,16)14-6-7-18-9-11(14)2/h4-5,8,11H,6-7,9H2,1-3H3. The maximum atomic E-state index is 12.7. The molecular weight excluding hydrogens is 266 g/mol. The molecule has 1 fully saturated rings. The van der Waals surface area contributed by atoms with Crippen molar-refractivity contribution in [3.63, 3.8) is 0 Å². The molecule has 106 valence electrons. The minimum absolute atomic E-state index is 0.163. The lowest BCUT2D eigenvalue weighted by molar-refractivity contribution is 0.0392. The molecule has 1 atom stereocenters. The molecule has 0 aliphatic carbocycles. The molecule has 6 heteroatoms. The van der Waals surface area contributed by atoms with Crippen molar-refractivity contribution in [1.29, 1.82) is 0 Å². The smallest absolute Gasteiger partial charge is 0.247 e. The van der Waals surface area contributed by atoms with Crippen LogP contribution in [0.4, 0.5) is 0 Å². The Morgan fingerprint density at radius 1 is 1.42 bits per heavy atom. The molecule has 0 spiro atoms. The van der Waals surface area contributed by atoms with Gasteiger partial charge in [-0.3, -0.25) is 0 Å². The Hall–Kier alpha value is -1.11. The Balaban J connectivity index is 2.46. The number of benzene rings is 1. The highest BCUT2D eigenvalue weighted by atomic mass is 32.2. The van der Waals surface area contributed by atoms with Crippen LogP contribution in [0, 0.1) is 6.92 Å². The van der Waals surface area contributed by atoms with Gasteiger partial charge in [0.15, 0.2) is 0 Å². The topological polar surface area (TPSA) is 55.8 Å². The monoisotopic (exact) mass is 285 g/mol. The lowest BCUT2D eigenvalue weighted by Gasteiger charge is -2.32. The number of methoxy groups -OCH3 is 1. The molecular formula is C13H19NO4S. The van der Waals surface area contributed by atoms with Crippen molar-refractivity contribution in [2.45, 2.75) is 24.8 Å². The predicted molar refractivity (Wildman–Crippen MR) is 71.9 cm³/mol. The third kappa shape index (κ3) is 2.75. The third-order valence-corrected chi connectivity index (χ3v) is 5.25. The first-order chi connectivity index (χ1) is 8.96. The number of ether oxygens (including phenoxy) is 2. The Morgan fingerprint density at radius 3 is 2.79 bits per heavy atom. The van der Waals surface area contributed by atoms with Crippen LogP contribution in [0.2, 0.25) is 0 Å². The fourth-order valence-corrected chi connectivity index (χ4v) is 4.02. The minimum atomic E-state index is -3.55. The quantitative estimate of drug-likeness (QED) is 0.842. The van der Waals surface area contributed by atoms with Crippen LogP contribution in [0.3, 0.4) is 0 Å². The fourth-order valence-electron chi connectivity index (χ4n) is 2.18. The zero-order valence-electron chi connectivity index (χ0n) is 11.4. The van der Waals surface area contributed by atoms with Crippen molar-refractivity contribution in [1.82, 2.24) is 4.31 Å². The van der Waals surface area contributed by atoms with Crippen LogP contribution in [0.15, 0.2) is 23.1 Å². The van der Waals surface area contributed by atoms with Gasteiger partial charge in [0.1, 0.15) is 10.6 Å². The van der Waals surface area contributed by atoms with E-state index in [1.165, 1.54) is 11.4 Å². The average Bonchev–Trinajstić information content (AvgIpc) is 2.39. The molecule has 19 heavy (non-hydrogen) atoms. The molecule has 0 N–H and O–H groups in total. The molecule has 1 unspecified atom stereocenters. The van der Waals surface area contributed by atoms with E-state index in [1.807, 2.05) is 19.9 Å². The zero-order valence-corrected chi connectivity index (χ0v) is 12.2. The molecule has 0 radical (unpaired) electrons. The highest BCUT2D eigenvalue weighted by Crippen LogP contribution is 2.29. The van der Waals surface area contributed by atoms with Gasteiger partial charge in [-0.05, 0) is 31.5 Å². The Kier molecular flexibility index (Phi) is 4.13. The van der Waals surface area contributed by atoms with Crippen molar-refractivity contribution in [3.8, 4) is 5.75 Å². The molecule has 1 aliphatic rings. The highest BCUT2D eigenvalue weighted by molar-refractivity contribution is 7.89. The second kappa shape index (κ2) is 5.48. The maximum Gasteiger partial charge on any atom is 0.247 e. The van der Waals surface area contributed by atoms with Crippen LogP contribution >= 0.6 is 0 Å². The van der Waals surface area contributed by atoms with Crippen molar-refractivity contribution < 1.29 is 17.9 Å². The van der Waals surface area contributed by atoms with Gasteiger partial charge in [-0.25, -0.2) is 8.42 Å². The molecule has 2 rings (SSSR count). The van der Waals surface area contributed by atoms with Crippen LogP contribution < -0.4 is 4.74 Å². The van der Waals surface area contributed by atoms with Gasteiger partial charge < -0.3 is 9.47 Å². The molecule has 0 bridgehead atoms. The maximum absolute atomic E-state index is 12.7. The minimum Gasteiger partial charge on any atom is -0.495 e. The summed E-state index contributed by atoms with van der Waals surface area (Å²) >= 11 is 0. The summed E-state index contributed by atoms with van der Waals surface area (Å²) in [6.45, 7) is 4.94. The van der Waals surface area contributed by atoms with E-state index >= 15 is 0 Å². The first kappa shape index (κ1) is 14.3. The summed E-state index contributed by atoms with van der Waals surface area (Å²) in [4.78, 5) is 0.226. The number of hydrogen-bond donors (Lipinski definition) is 0. The second-order valence-corrected chi connectivity index (χ2v) is 6.55. The van der Waals surface area contributed by atoms with Crippen molar-refractivity contribution >= 4 is 10.0 Å². The summed E-state index contributed by atoms with van der Waals surface area (Å²) in [6.07, 6.45) is 0. The molecule has 0 amide bonds. The van der Waals surface area contributed by atoms with Gasteiger partial charge in [0.25, 0.3) is 0 Å². The molecule has 1 saturated heterocycles. The molecule has 1 heterocycles. The van der Waals surface area contributed by atoms with Gasteiger partial charge in [-0.1, -0.05) is 6.07 Å². The normalized spacial score (nSPS) is 21.3. The van der Waals surface area contributed by atoms with E-state index in [4.69, 9.17) is 9.47 Å². The van der Waals surface area contributed by atoms with E-state index in [1.54, 1.807) is 12.1 Å². The van der Waals surface area contributed by atoms with Gasteiger partial charge in [-0.15, -0.1) is 0 Å². The number of morpholine rings is 1. The molecule has 5 nitrogen and oxygen atoms in total. The average molecular weight is 285 g/mol. The molecule has 1 aliphatic heterocycles. The molecule has 1 aromatic rings. The summed E-state index contributed by atoms with van der Waals surface area (Å²) in [5.41, 5.74) is 0.889. The Morgan fingerprint density at radius 2 is 2.16 bits per heavy atom. The Labute approximate surface area is 114 Å². The lowest BCUT2D eigenvalue weighted by Crippen LogP contribution is -2.47. The molecule has 0 saturated carbocycles. The van der Waals surface area contributed by atoms with Crippen LogP contribution in [0.1, 0.15) is 12.5 Å². The third-order valence-electron chi connectivity index (χ3n) is 3.21. The van der Waals surface area contributed by atoms with E-state index in [2.05, 4.69) is 0 Å². The Bertz CT molecular complexity index is 556. The summed E-state index contributed by atoms with van der Waals surface area (Å²) in [5.74, 6) is 0.379. The number of rotatable bonds is 3. The highest BCUT2D eigenvalue weighted by Gasteiger charge is 2.33. The van der Waals surface area contributed by atoms with Gasteiger partial charge in [-0.2, -0.15) is 4.31 Å². The zero-order chi connectivity index (χ0) is 14.0. The van der Waals surface area contributed by atoms with E-state index in [9.17, 15) is 8.42 Å². The van der Waals surface area contributed by atoms with E-state index in [0.29, 0.717) is 25.5 Å². The predicted octanol–water partition coefficient (Wildman–Crippen LogP) is 1.41. The van der Waals surface area contributed by atoms with Gasteiger partial charge in [0, 0.05) is 12.6 Å². The summed E-state index contributed by atoms with van der Waals surface area (Å²) in [7, 11) is -2.07. The van der Waals surface area contributed by atoms with E-state index < -0.39 is 10.0 Å². The molecule has 1 aromatic carbocycles. The summed E-state index contributed by atoms with van der Waals surface area (Å²) in [6, 6.07) is 5.01. The van der Waals surface area contributed by atoms with Crippen LogP contribution in [0.5, 0.6) is 5.75 Å². The van der Waals surface area contributed by atoms with Crippen molar-refractivity contribution in [3.05, 3.63) is 23.8 Å². The van der Waals surface area contributed by atoms with Crippen molar-refractivity contribution in [2.75, 3.05) is 26.9 Å². The van der Waals surface area contributed by atoms with Crippen LogP contribution in [-0.4, -0.2) is 45.6 Å². The summed E-state index contributed by atoms with van der Waals surface area (Å²) < 4.78 is 37.4. The van der Waals surface area contributed by atoms with Crippen molar-refractivity contribution in [2.24, 2.45) is 0 Å². The molecule has 0 aromatic heterocycles. The van der Waals surface area contributed by atoms with Crippen LogP contribution in [-0.2, 0) is 14.8 Å². The SMILES string of the molecule is COc1ccc(C)cc1S(=O)(=O)N1CCOCC1C. The summed E-state index contributed by atoms with van der Waals surface area (Å²) in [5, 5.41) is 0. The fraction of sp³-hybridized carbons (Fsp3) is 0.538. The van der Waals surface area contributed by atoms with Crippen LogP contribution in [0.25, 0.3) is 0 Å². The number of sulfonamides is 1. The first-order valence-electron chi connectivity index (χ1n) is 6.21. The number of aryl methyl sites for hydroxylation is 1. The van der Waals surface area contributed by atoms with Gasteiger partial charge >= 0.3 is 0 Å². The lowest BCUT2D eigenvalue weighted by atomic mass is 10.2. The van der Waals surface area contributed by atoms with E-state index in [0.717, 1.165) is 5.56 Å². The van der Waals surface area contributed by atoms with Gasteiger partial charge in [0.05, 0.1) is 20.3 Å². The second-order valence-electron chi connectivity index (χ2n) is 4.69. The number of nitrogens with zero attached hydrogens (tertiary/aromatic N) is 1. The largest absolute Gasteiger partial charge is 0.495 e. The van der Waals surface area contributed by atoms with E-state index in [-0.39, 0.29) is 10.9 Å². The first-order valence-corrected chi connectivity index (χ1v) is 7.65.